The molecule has 0 N–H and O–H groups in total. The molecular formula is C23H25NO4. The van der Waals surface area contributed by atoms with Crippen molar-refractivity contribution in [3.8, 4) is 0 Å². The van der Waals surface area contributed by atoms with Gasteiger partial charge in [0.1, 0.15) is 0 Å². The van der Waals surface area contributed by atoms with Crippen molar-refractivity contribution in [2.45, 2.75) is 34.1 Å². The number of benzene rings is 2. The smallest absolute Gasteiger partial charge is 0.311 e. The molecule has 0 spiro atoms. The van der Waals surface area contributed by atoms with Gasteiger partial charge < -0.3 is 9.64 Å². The second-order valence-electron chi connectivity index (χ2n) is 7.48. The monoisotopic (exact) mass is 379 g/mol. The number of hydrogen-bond acceptors (Lipinski definition) is 4. The standard InChI is InChI=1S/C23H25NO4/c1-14-8-9-18(10-17(14)4)20(25)13-28-23(27)19-11-21(26)24(12-19)22-15(2)6-5-7-16(22)3/h5-10,19H,11-13H2,1-4H3/t19-/m1/s1. The Morgan fingerprint density at radius 2 is 1.68 bits per heavy atom. The van der Waals surface area contributed by atoms with Crippen molar-refractivity contribution in [3.63, 3.8) is 0 Å². The number of para-hydroxylation sites is 1. The lowest BCUT2D eigenvalue weighted by Crippen LogP contribution is -2.28. The van der Waals surface area contributed by atoms with Crippen LogP contribution in [0.3, 0.4) is 0 Å². The summed E-state index contributed by atoms with van der Waals surface area (Å²) in [5.74, 6) is -1.40. The van der Waals surface area contributed by atoms with Crippen LogP contribution >= 0.6 is 0 Å². The first kappa shape index (κ1) is 19.8. The first-order valence-corrected chi connectivity index (χ1v) is 9.41. The maximum absolute atomic E-state index is 12.5. The van der Waals surface area contributed by atoms with Gasteiger partial charge in [0, 0.05) is 24.2 Å². The number of hydrogen-bond donors (Lipinski definition) is 0. The summed E-state index contributed by atoms with van der Waals surface area (Å²) < 4.78 is 5.24. The lowest BCUT2D eigenvalue weighted by Gasteiger charge is -2.21. The maximum atomic E-state index is 12.5. The van der Waals surface area contributed by atoms with Gasteiger partial charge in [0.15, 0.2) is 12.4 Å². The minimum Gasteiger partial charge on any atom is -0.457 e. The third kappa shape index (κ3) is 3.98. The normalized spacial score (nSPS) is 16.4. The second kappa shape index (κ2) is 7.97. The zero-order chi connectivity index (χ0) is 20.4. The van der Waals surface area contributed by atoms with E-state index in [4.69, 9.17) is 4.74 Å². The molecule has 5 nitrogen and oxygen atoms in total. The van der Waals surface area contributed by atoms with E-state index < -0.39 is 11.9 Å². The SMILES string of the molecule is Cc1ccc(C(=O)COC(=O)[C@@H]2CC(=O)N(c3c(C)cccc3C)C2)cc1C. The number of aryl methyl sites for hydroxylation is 4. The fourth-order valence-corrected chi connectivity index (χ4v) is 3.57. The quantitative estimate of drug-likeness (QED) is 0.587. The van der Waals surface area contributed by atoms with E-state index in [9.17, 15) is 14.4 Å². The van der Waals surface area contributed by atoms with Crippen LogP contribution in [0.4, 0.5) is 5.69 Å². The van der Waals surface area contributed by atoms with E-state index in [1.807, 2.05) is 52.0 Å². The summed E-state index contributed by atoms with van der Waals surface area (Å²) in [6, 6.07) is 11.3. The summed E-state index contributed by atoms with van der Waals surface area (Å²) in [7, 11) is 0. The Balaban J connectivity index is 1.63. The first-order valence-electron chi connectivity index (χ1n) is 9.41. The molecule has 0 saturated carbocycles. The van der Waals surface area contributed by atoms with Crippen LogP contribution in [-0.2, 0) is 14.3 Å². The van der Waals surface area contributed by atoms with E-state index in [1.54, 1.807) is 17.0 Å². The van der Waals surface area contributed by atoms with E-state index in [2.05, 4.69) is 0 Å². The van der Waals surface area contributed by atoms with Crippen LogP contribution in [0.2, 0.25) is 0 Å². The van der Waals surface area contributed by atoms with Gasteiger partial charge in [0.25, 0.3) is 0 Å². The Morgan fingerprint density at radius 1 is 1.00 bits per heavy atom. The molecule has 1 aliphatic rings. The predicted molar refractivity (Wildman–Crippen MR) is 108 cm³/mol. The molecule has 0 radical (unpaired) electrons. The summed E-state index contributed by atoms with van der Waals surface area (Å²) in [5.41, 5.74) is 5.48. The van der Waals surface area contributed by atoms with Gasteiger partial charge in [-0.25, -0.2) is 0 Å². The number of ketones is 1. The van der Waals surface area contributed by atoms with Crippen molar-refractivity contribution in [2.75, 3.05) is 18.1 Å². The van der Waals surface area contributed by atoms with Crippen molar-refractivity contribution in [2.24, 2.45) is 5.92 Å². The number of carbonyl (C=O) groups is 3. The van der Waals surface area contributed by atoms with Gasteiger partial charge in [-0.05, 0) is 56.0 Å². The number of ether oxygens (including phenoxy) is 1. The molecule has 0 aromatic heterocycles. The van der Waals surface area contributed by atoms with Crippen LogP contribution in [0.15, 0.2) is 36.4 Å². The molecule has 1 atom stereocenters. The molecule has 5 heteroatoms. The summed E-state index contributed by atoms with van der Waals surface area (Å²) in [6.45, 7) is 7.77. The molecule has 2 aromatic carbocycles. The highest BCUT2D eigenvalue weighted by Crippen LogP contribution is 2.31. The number of anilines is 1. The fourth-order valence-electron chi connectivity index (χ4n) is 3.57. The Hall–Kier alpha value is -2.95. The molecule has 1 heterocycles. The number of Topliss-reactive ketones (excluding diaryl/α,β-unsaturated/α-hetero) is 1. The van der Waals surface area contributed by atoms with Gasteiger partial charge in [-0.15, -0.1) is 0 Å². The maximum Gasteiger partial charge on any atom is 0.311 e. The van der Waals surface area contributed by atoms with Crippen molar-refractivity contribution in [3.05, 3.63) is 64.2 Å². The molecular weight excluding hydrogens is 354 g/mol. The van der Waals surface area contributed by atoms with Crippen LogP contribution in [0, 0.1) is 33.6 Å². The zero-order valence-corrected chi connectivity index (χ0v) is 16.7. The molecule has 1 amide bonds. The van der Waals surface area contributed by atoms with E-state index in [1.165, 1.54) is 0 Å². The molecule has 2 aromatic rings. The van der Waals surface area contributed by atoms with Gasteiger partial charge in [-0.2, -0.15) is 0 Å². The van der Waals surface area contributed by atoms with Crippen LogP contribution in [0.25, 0.3) is 0 Å². The summed E-state index contributed by atoms with van der Waals surface area (Å²) >= 11 is 0. The lowest BCUT2D eigenvalue weighted by atomic mass is 10.0. The van der Waals surface area contributed by atoms with Gasteiger partial charge in [0.2, 0.25) is 5.91 Å². The summed E-state index contributed by atoms with van der Waals surface area (Å²) in [6.07, 6.45) is 0.102. The molecule has 146 valence electrons. The van der Waals surface area contributed by atoms with Gasteiger partial charge >= 0.3 is 5.97 Å². The van der Waals surface area contributed by atoms with Crippen molar-refractivity contribution < 1.29 is 19.1 Å². The Morgan fingerprint density at radius 3 is 2.32 bits per heavy atom. The number of carbonyl (C=O) groups excluding carboxylic acids is 3. The third-order valence-corrected chi connectivity index (χ3v) is 5.34. The first-order chi connectivity index (χ1) is 13.3. The second-order valence-corrected chi connectivity index (χ2v) is 7.48. The summed E-state index contributed by atoms with van der Waals surface area (Å²) in [5, 5.41) is 0. The Labute approximate surface area is 165 Å². The minimum absolute atomic E-state index is 0.0974. The zero-order valence-electron chi connectivity index (χ0n) is 16.7. The molecule has 0 unspecified atom stereocenters. The van der Waals surface area contributed by atoms with Crippen molar-refractivity contribution in [1.82, 2.24) is 0 Å². The Kier molecular flexibility index (Phi) is 5.63. The Bertz CT molecular complexity index is 927. The number of rotatable bonds is 5. The predicted octanol–water partition coefficient (Wildman–Crippen LogP) is 3.70. The van der Waals surface area contributed by atoms with E-state index >= 15 is 0 Å². The molecule has 0 bridgehead atoms. The summed E-state index contributed by atoms with van der Waals surface area (Å²) in [4.78, 5) is 38.9. The highest BCUT2D eigenvalue weighted by molar-refractivity contribution is 6.01. The van der Waals surface area contributed by atoms with Gasteiger partial charge in [-0.1, -0.05) is 30.3 Å². The average Bonchev–Trinajstić information content (AvgIpc) is 3.03. The molecule has 1 aliphatic heterocycles. The number of nitrogens with zero attached hydrogens (tertiary/aromatic N) is 1. The number of esters is 1. The van der Waals surface area contributed by atoms with Crippen LogP contribution in [0.1, 0.15) is 39.0 Å². The lowest BCUT2D eigenvalue weighted by molar-refractivity contribution is -0.147. The molecule has 28 heavy (non-hydrogen) atoms. The van der Waals surface area contributed by atoms with Crippen molar-refractivity contribution >= 4 is 23.3 Å². The third-order valence-electron chi connectivity index (χ3n) is 5.34. The minimum atomic E-state index is -0.556. The average molecular weight is 379 g/mol. The topological polar surface area (TPSA) is 63.7 Å². The number of amides is 1. The van der Waals surface area contributed by atoms with Crippen molar-refractivity contribution in [1.29, 1.82) is 0 Å². The van der Waals surface area contributed by atoms with Crippen LogP contribution < -0.4 is 4.90 Å². The largest absolute Gasteiger partial charge is 0.457 e. The molecule has 1 saturated heterocycles. The molecule has 0 aliphatic carbocycles. The van der Waals surface area contributed by atoms with E-state index in [-0.39, 0.29) is 31.3 Å². The fraction of sp³-hybridized carbons (Fsp3) is 0.348. The van der Waals surface area contributed by atoms with Gasteiger partial charge in [0.05, 0.1) is 5.92 Å². The van der Waals surface area contributed by atoms with E-state index in [0.717, 1.165) is 27.9 Å². The molecule has 3 rings (SSSR count). The van der Waals surface area contributed by atoms with E-state index in [0.29, 0.717) is 5.56 Å². The van der Waals surface area contributed by atoms with Crippen LogP contribution in [-0.4, -0.2) is 30.8 Å². The molecule has 1 fully saturated rings. The van der Waals surface area contributed by atoms with Crippen LogP contribution in [0.5, 0.6) is 0 Å². The van der Waals surface area contributed by atoms with Gasteiger partial charge in [-0.3, -0.25) is 14.4 Å². The highest BCUT2D eigenvalue weighted by Gasteiger charge is 2.37. The highest BCUT2D eigenvalue weighted by atomic mass is 16.5.